The first-order valence-corrected chi connectivity index (χ1v) is 19.9. The molecule has 6 rings (SSSR count). The third kappa shape index (κ3) is 11.6. The predicted molar refractivity (Wildman–Crippen MR) is 220 cm³/mol. The Labute approximate surface area is 352 Å². The van der Waals surface area contributed by atoms with Gasteiger partial charge in [0.25, 0.3) is 0 Å². The molecule has 2 nitrogen and oxygen atoms in total. The largest absolute Gasteiger partial charge is 2.00 e. The predicted octanol–water partition coefficient (Wildman–Crippen LogP) is 3.52. The van der Waals surface area contributed by atoms with Crippen LogP contribution in [-0.4, -0.2) is 10.2 Å². The van der Waals surface area contributed by atoms with Crippen LogP contribution < -0.4 is 56.6 Å². The Bertz CT molecular complexity index is 1790. The number of phenols is 2. The molecule has 0 aliphatic carbocycles. The van der Waals surface area contributed by atoms with Crippen LogP contribution in [0.15, 0.2) is 146 Å². The number of benzene rings is 6. The topological polar surface area (TPSA) is 40.5 Å². The molecule has 2 N–H and O–H groups in total. The SMILES string of the molecule is Cc1cc(P(c2ccccc2)c2ccccc2)c(O)c(C(C)(C)C)c1.Cc1cc(P(c2ccccc2)c2ccccc2)c(O)c(C(C)(C)C)c1.[Cl-].[Cl-].[Zr+2]. The molecule has 0 aliphatic heterocycles. The van der Waals surface area contributed by atoms with Crippen LogP contribution in [0.5, 0.6) is 11.5 Å². The molecule has 0 aliphatic rings. The van der Waals surface area contributed by atoms with E-state index >= 15 is 0 Å². The molecular formula is C46H50Cl2O2P2Zr. The van der Waals surface area contributed by atoms with Gasteiger partial charge in [-0.3, -0.25) is 0 Å². The second-order valence-electron chi connectivity index (χ2n) is 14.9. The maximum Gasteiger partial charge on any atom is 2.00 e. The van der Waals surface area contributed by atoms with Crippen LogP contribution in [0.25, 0.3) is 0 Å². The Morgan fingerprint density at radius 3 is 0.830 bits per heavy atom. The number of hydrogen-bond donors (Lipinski definition) is 2. The van der Waals surface area contributed by atoms with Gasteiger partial charge in [-0.05, 0) is 85.0 Å². The zero-order valence-electron chi connectivity index (χ0n) is 31.9. The molecule has 0 fully saturated rings. The number of aryl methyl sites for hydroxylation is 2. The van der Waals surface area contributed by atoms with Crippen molar-refractivity contribution in [2.24, 2.45) is 0 Å². The monoisotopic (exact) mass is 856 g/mol. The number of halogens is 2. The summed E-state index contributed by atoms with van der Waals surface area (Å²) in [7, 11) is -1.59. The van der Waals surface area contributed by atoms with E-state index in [9.17, 15) is 10.2 Å². The number of aromatic hydroxyl groups is 2. The maximum atomic E-state index is 11.2. The summed E-state index contributed by atoms with van der Waals surface area (Å²) in [6.07, 6.45) is 0. The van der Waals surface area contributed by atoms with Crippen LogP contribution in [0.2, 0.25) is 0 Å². The molecule has 0 saturated heterocycles. The summed E-state index contributed by atoms with van der Waals surface area (Å²) in [5, 5.41) is 29.4. The molecule has 0 radical (unpaired) electrons. The third-order valence-electron chi connectivity index (χ3n) is 8.62. The molecule has 0 amide bonds. The van der Waals surface area contributed by atoms with Crippen molar-refractivity contribution < 1.29 is 61.2 Å². The van der Waals surface area contributed by atoms with Crippen molar-refractivity contribution in [2.75, 3.05) is 0 Å². The molecule has 274 valence electrons. The molecule has 0 aromatic heterocycles. The van der Waals surface area contributed by atoms with Crippen LogP contribution in [0.1, 0.15) is 63.8 Å². The molecule has 7 heteroatoms. The zero-order valence-corrected chi connectivity index (χ0v) is 37.7. The first-order chi connectivity index (χ1) is 23.8. The fraction of sp³-hybridized carbons (Fsp3) is 0.217. The fourth-order valence-electron chi connectivity index (χ4n) is 6.17. The Morgan fingerprint density at radius 1 is 0.396 bits per heavy atom. The van der Waals surface area contributed by atoms with Gasteiger partial charge in [0, 0.05) is 21.7 Å². The summed E-state index contributed by atoms with van der Waals surface area (Å²) < 4.78 is 0. The van der Waals surface area contributed by atoms with Gasteiger partial charge in [0.15, 0.2) is 0 Å². The average molecular weight is 859 g/mol. The van der Waals surface area contributed by atoms with E-state index in [1.807, 2.05) is 24.3 Å². The zero-order chi connectivity index (χ0) is 36.1. The van der Waals surface area contributed by atoms with Crippen LogP contribution in [0, 0.1) is 13.8 Å². The normalized spacial score (nSPS) is 11.1. The smallest absolute Gasteiger partial charge is 1.00 e. The molecule has 0 atom stereocenters. The van der Waals surface area contributed by atoms with Crippen molar-refractivity contribution in [1.29, 1.82) is 0 Å². The van der Waals surface area contributed by atoms with Gasteiger partial charge in [-0.1, -0.05) is 175 Å². The van der Waals surface area contributed by atoms with E-state index in [0.717, 1.165) is 21.7 Å². The van der Waals surface area contributed by atoms with Gasteiger partial charge in [-0.2, -0.15) is 0 Å². The van der Waals surface area contributed by atoms with Crippen LogP contribution in [-0.2, 0) is 37.0 Å². The molecule has 0 heterocycles. The van der Waals surface area contributed by atoms with E-state index in [0.29, 0.717) is 11.5 Å². The first kappa shape index (κ1) is 46.4. The van der Waals surface area contributed by atoms with Gasteiger partial charge >= 0.3 is 26.2 Å². The van der Waals surface area contributed by atoms with E-state index in [-0.39, 0.29) is 61.8 Å². The average Bonchev–Trinajstić information content (AvgIpc) is 3.09. The van der Waals surface area contributed by atoms with E-state index in [4.69, 9.17) is 0 Å². The maximum absolute atomic E-state index is 11.2. The van der Waals surface area contributed by atoms with Crippen molar-refractivity contribution in [2.45, 2.75) is 66.2 Å². The van der Waals surface area contributed by atoms with Gasteiger partial charge in [0.2, 0.25) is 0 Å². The minimum Gasteiger partial charge on any atom is -1.00 e. The molecule has 0 unspecified atom stereocenters. The summed E-state index contributed by atoms with van der Waals surface area (Å²) in [5.41, 5.74) is 4.22. The number of hydrogen-bond acceptors (Lipinski definition) is 2. The summed E-state index contributed by atoms with van der Waals surface area (Å²) >= 11 is 0. The Hall–Kier alpha value is -2.76. The van der Waals surface area contributed by atoms with Crippen molar-refractivity contribution >= 4 is 47.7 Å². The van der Waals surface area contributed by atoms with Gasteiger partial charge in [-0.25, -0.2) is 0 Å². The molecule has 0 spiro atoms. The van der Waals surface area contributed by atoms with Crippen molar-refractivity contribution in [3.8, 4) is 11.5 Å². The van der Waals surface area contributed by atoms with Crippen molar-refractivity contribution in [1.82, 2.24) is 0 Å². The minimum absolute atomic E-state index is 0. The fourth-order valence-corrected chi connectivity index (χ4v) is 11.1. The van der Waals surface area contributed by atoms with Crippen LogP contribution >= 0.6 is 15.8 Å². The summed E-state index contributed by atoms with van der Waals surface area (Å²) in [6.45, 7) is 17.1. The molecule has 0 saturated carbocycles. The summed E-state index contributed by atoms with van der Waals surface area (Å²) in [5.74, 6) is 0.883. The number of phenolic OH excluding ortho intramolecular Hbond substituents is 2. The van der Waals surface area contributed by atoms with Gasteiger partial charge < -0.3 is 35.0 Å². The summed E-state index contributed by atoms with van der Waals surface area (Å²) in [6, 6.07) is 50.6. The Morgan fingerprint density at radius 2 is 0.623 bits per heavy atom. The third-order valence-corrected chi connectivity index (χ3v) is 13.5. The Balaban J connectivity index is 0.000000347. The van der Waals surface area contributed by atoms with E-state index < -0.39 is 15.8 Å². The second kappa shape index (κ2) is 20.2. The van der Waals surface area contributed by atoms with Crippen LogP contribution in [0.3, 0.4) is 0 Å². The van der Waals surface area contributed by atoms with Crippen LogP contribution in [0.4, 0.5) is 0 Å². The van der Waals surface area contributed by atoms with Gasteiger partial charge in [0.1, 0.15) is 11.5 Å². The number of rotatable bonds is 6. The summed E-state index contributed by atoms with van der Waals surface area (Å²) in [4.78, 5) is 0. The molecular weight excluding hydrogens is 809 g/mol. The van der Waals surface area contributed by atoms with Crippen molar-refractivity contribution in [3.05, 3.63) is 168 Å². The van der Waals surface area contributed by atoms with Gasteiger partial charge in [0.05, 0.1) is 0 Å². The molecule has 6 aromatic rings. The molecule has 0 bridgehead atoms. The van der Waals surface area contributed by atoms with E-state index in [1.54, 1.807) is 0 Å². The molecule has 53 heavy (non-hydrogen) atoms. The van der Waals surface area contributed by atoms with Crippen molar-refractivity contribution in [3.63, 3.8) is 0 Å². The molecule has 6 aromatic carbocycles. The van der Waals surface area contributed by atoms with Gasteiger partial charge in [-0.15, -0.1) is 0 Å². The van der Waals surface area contributed by atoms with E-state index in [1.165, 1.54) is 32.3 Å². The first-order valence-electron chi connectivity index (χ1n) is 17.2. The quantitative estimate of drug-likeness (QED) is 0.252. The standard InChI is InChI=1S/2C23H25OP.2ClH.Zr/c2*1-17-15-20(23(2,3)4)22(24)21(16-17)25(18-11-7-5-8-12-18)19-13-9-6-10-14-19;;;/h2*5-16,24H,1-4H3;2*1H;/q;;;;+2/p-2. The van der Waals surface area contributed by atoms with E-state index in [2.05, 4.69) is 177 Å². The second-order valence-corrected chi connectivity index (χ2v) is 19.2. The minimum atomic E-state index is -0.796. The Kier molecular flexibility index (Phi) is 17.7.